The molecule has 1 unspecified atom stereocenters. The Labute approximate surface area is 204 Å². The van der Waals surface area contributed by atoms with Gasteiger partial charge in [-0.25, -0.2) is 0 Å². The van der Waals surface area contributed by atoms with Crippen LogP contribution in [0.25, 0.3) is 0 Å². The molecule has 0 bridgehead atoms. The molecule has 0 amide bonds. The third kappa shape index (κ3) is 27.8. The van der Waals surface area contributed by atoms with Crippen LogP contribution in [0.1, 0.15) is 77.6 Å². The standard InChI is InChI=1S/C26H55NO6/c1-4-5-6-7-8-9-10-11-12-13-17-33-26(14-15-27(2)3)25-32-24-23-31-22-21-30-20-19-29-18-16-28/h26,28H,4-25H2,1-3H3. The minimum absolute atomic E-state index is 0.0451. The van der Waals surface area contributed by atoms with Crippen molar-refractivity contribution >= 4 is 0 Å². The van der Waals surface area contributed by atoms with Crippen molar-refractivity contribution in [2.24, 2.45) is 0 Å². The van der Waals surface area contributed by atoms with Crippen molar-refractivity contribution in [1.29, 1.82) is 0 Å². The Morgan fingerprint density at radius 3 is 1.61 bits per heavy atom. The fraction of sp³-hybridized carbons (Fsp3) is 1.00. The van der Waals surface area contributed by atoms with Gasteiger partial charge in [-0.1, -0.05) is 64.7 Å². The highest BCUT2D eigenvalue weighted by molar-refractivity contribution is 4.60. The van der Waals surface area contributed by atoms with Gasteiger partial charge in [0, 0.05) is 13.2 Å². The maximum atomic E-state index is 8.61. The van der Waals surface area contributed by atoms with Gasteiger partial charge in [0.15, 0.2) is 0 Å². The average molecular weight is 478 g/mol. The summed E-state index contributed by atoms with van der Waals surface area (Å²) in [4.78, 5) is 2.19. The highest BCUT2D eigenvalue weighted by atomic mass is 16.6. The van der Waals surface area contributed by atoms with E-state index in [0.29, 0.717) is 52.9 Å². The summed E-state index contributed by atoms with van der Waals surface area (Å²) in [5.41, 5.74) is 0. The molecule has 1 N–H and O–H groups in total. The number of ether oxygens (including phenoxy) is 5. The molecule has 200 valence electrons. The van der Waals surface area contributed by atoms with Crippen molar-refractivity contribution in [3.05, 3.63) is 0 Å². The first-order chi connectivity index (χ1) is 16.2. The maximum absolute atomic E-state index is 8.61. The third-order valence-electron chi connectivity index (χ3n) is 5.41. The molecule has 33 heavy (non-hydrogen) atoms. The van der Waals surface area contributed by atoms with E-state index in [9.17, 15) is 0 Å². The van der Waals surface area contributed by atoms with E-state index < -0.39 is 0 Å². The van der Waals surface area contributed by atoms with Gasteiger partial charge >= 0.3 is 0 Å². The van der Waals surface area contributed by atoms with Crippen molar-refractivity contribution in [2.75, 3.05) is 86.7 Å². The summed E-state index contributed by atoms with van der Waals surface area (Å²) in [6.45, 7) is 8.35. The SMILES string of the molecule is CCCCCCCCCCCCOC(CCN(C)C)COCCOCCOCCOCCO. The summed E-state index contributed by atoms with van der Waals surface area (Å²) in [5.74, 6) is 0. The first-order valence-electron chi connectivity index (χ1n) is 13.4. The number of hydrogen-bond acceptors (Lipinski definition) is 7. The fourth-order valence-corrected chi connectivity index (χ4v) is 3.40. The van der Waals surface area contributed by atoms with Gasteiger partial charge in [0.2, 0.25) is 0 Å². The van der Waals surface area contributed by atoms with Gasteiger partial charge in [0.1, 0.15) is 0 Å². The summed E-state index contributed by atoms with van der Waals surface area (Å²) in [7, 11) is 4.18. The molecule has 7 heteroatoms. The van der Waals surface area contributed by atoms with E-state index in [0.717, 1.165) is 26.0 Å². The monoisotopic (exact) mass is 477 g/mol. The lowest BCUT2D eigenvalue weighted by Gasteiger charge is -2.20. The molecule has 0 rings (SSSR count). The lowest BCUT2D eigenvalue weighted by molar-refractivity contribution is -0.0431. The molecule has 0 aromatic heterocycles. The maximum Gasteiger partial charge on any atom is 0.0820 e. The van der Waals surface area contributed by atoms with Gasteiger partial charge in [-0.05, 0) is 26.9 Å². The predicted octanol–water partition coefficient (Wildman–Crippen LogP) is 4.30. The number of hydrogen-bond donors (Lipinski definition) is 1. The van der Waals surface area contributed by atoms with E-state index in [1.54, 1.807) is 0 Å². The molecule has 0 aliphatic rings. The van der Waals surface area contributed by atoms with Crippen LogP contribution < -0.4 is 0 Å². The minimum atomic E-state index is 0.0451. The van der Waals surface area contributed by atoms with E-state index in [2.05, 4.69) is 25.9 Å². The molecular formula is C26H55NO6. The van der Waals surface area contributed by atoms with Crippen LogP contribution in [0.2, 0.25) is 0 Å². The van der Waals surface area contributed by atoms with Crippen LogP contribution >= 0.6 is 0 Å². The molecule has 7 nitrogen and oxygen atoms in total. The van der Waals surface area contributed by atoms with Crippen molar-refractivity contribution in [3.63, 3.8) is 0 Å². The van der Waals surface area contributed by atoms with Crippen LogP contribution in [0, 0.1) is 0 Å². The highest BCUT2D eigenvalue weighted by Gasteiger charge is 2.10. The zero-order valence-electron chi connectivity index (χ0n) is 22.1. The van der Waals surface area contributed by atoms with Crippen LogP contribution in [0.5, 0.6) is 0 Å². The number of nitrogens with zero attached hydrogens (tertiary/aromatic N) is 1. The van der Waals surface area contributed by atoms with Gasteiger partial charge in [0.25, 0.3) is 0 Å². The Kier molecular flexibility index (Phi) is 27.7. The Balaban J connectivity index is 3.61. The Morgan fingerprint density at radius 1 is 0.606 bits per heavy atom. The van der Waals surface area contributed by atoms with Crippen molar-refractivity contribution in [3.8, 4) is 0 Å². The molecule has 0 aliphatic heterocycles. The number of aliphatic hydroxyl groups excluding tert-OH is 1. The molecule has 0 saturated heterocycles. The predicted molar refractivity (Wildman–Crippen MR) is 135 cm³/mol. The minimum Gasteiger partial charge on any atom is -0.394 e. The van der Waals surface area contributed by atoms with Crippen molar-refractivity contribution < 1.29 is 28.8 Å². The summed E-state index contributed by atoms with van der Waals surface area (Å²) >= 11 is 0. The Hall–Kier alpha value is -0.280. The molecule has 0 spiro atoms. The van der Waals surface area contributed by atoms with Gasteiger partial charge in [-0.2, -0.15) is 0 Å². The van der Waals surface area contributed by atoms with Crippen LogP contribution in [0.3, 0.4) is 0 Å². The van der Waals surface area contributed by atoms with Crippen LogP contribution in [0.15, 0.2) is 0 Å². The zero-order valence-corrected chi connectivity index (χ0v) is 22.1. The fourth-order valence-electron chi connectivity index (χ4n) is 3.40. The first-order valence-corrected chi connectivity index (χ1v) is 13.4. The van der Waals surface area contributed by atoms with Gasteiger partial charge in [-0.3, -0.25) is 0 Å². The van der Waals surface area contributed by atoms with Crippen LogP contribution in [0.4, 0.5) is 0 Å². The number of rotatable bonds is 28. The van der Waals surface area contributed by atoms with Crippen LogP contribution in [-0.4, -0.2) is 103 Å². The van der Waals surface area contributed by atoms with E-state index >= 15 is 0 Å². The number of aliphatic hydroxyl groups is 1. The highest BCUT2D eigenvalue weighted by Crippen LogP contribution is 2.11. The van der Waals surface area contributed by atoms with E-state index in [1.807, 2.05) is 0 Å². The van der Waals surface area contributed by atoms with Gasteiger partial charge < -0.3 is 33.7 Å². The summed E-state index contributed by atoms with van der Waals surface area (Å²) in [6.07, 6.45) is 14.5. The smallest absolute Gasteiger partial charge is 0.0820 e. The lowest BCUT2D eigenvalue weighted by Crippen LogP contribution is -2.27. The van der Waals surface area contributed by atoms with Crippen molar-refractivity contribution in [2.45, 2.75) is 83.7 Å². The normalized spacial score (nSPS) is 12.6. The van der Waals surface area contributed by atoms with Gasteiger partial charge in [0.05, 0.1) is 65.6 Å². The molecule has 0 radical (unpaired) electrons. The Morgan fingerprint density at radius 2 is 1.09 bits per heavy atom. The quantitative estimate of drug-likeness (QED) is 0.168. The summed E-state index contributed by atoms with van der Waals surface area (Å²) < 4.78 is 28.0. The molecule has 0 heterocycles. The van der Waals surface area contributed by atoms with Gasteiger partial charge in [-0.15, -0.1) is 0 Å². The topological polar surface area (TPSA) is 69.6 Å². The number of unbranched alkanes of at least 4 members (excludes halogenated alkanes) is 9. The van der Waals surface area contributed by atoms with Crippen molar-refractivity contribution in [1.82, 2.24) is 4.90 Å². The van der Waals surface area contributed by atoms with E-state index in [-0.39, 0.29) is 12.7 Å². The average Bonchev–Trinajstić information content (AvgIpc) is 2.81. The second-order valence-electron chi connectivity index (χ2n) is 8.90. The second-order valence-corrected chi connectivity index (χ2v) is 8.90. The molecule has 0 aromatic rings. The zero-order chi connectivity index (χ0) is 24.2. The third-order valence-corrected chi connectivity index (χ3v) is 5.41. The van der Waals surface area contributed by atoms with E-state index in [1.165, 1.54) is 57.8 Å². The molecule has 0 aliphatic carbocycles. The molecule has 0 fully saturated rings. The first kappa shape index (κ1) is 32.7. The molecule has 0 saturated carbocycles. The Bertz CT molecular complexity index is 360. The lowest BCUT2D eigenvalue weighted by atomic mass is 10.1. The molecule has 1 atom stereocenters. The molecule has 0 aromatic carbocycles. The largest absolute Gasteiger partial charge is 0.394 e. The van der Waals surface area contributed by atoms with Crippen LogP contribution in [-0.2, 0) is 23.7 Å². The summed E-state index contributed by atoms with van der Waals surface area (Å²) in [5, 5.41) is 8.61. The second kappa shape index (κ2) is 28.0. The summed E-state index contributed by atoms with van der Waals surface area (Å²) in [6, 6.07) is 0. The van der Waals surface area contributed by atoms with E-state index in [4.69, 9.17) is 28.8 Å². The molecular weight excluding hydrogens is 422 g/mol.